The second-order valence-corrected chi connectivity index (χ2v) is 7.30. The lowest BCUT2D eigenvalue weighted by atomic mass is 9.87. The van der Waals surface area contributed by atoms with Gasteiger partial charge in [-0.25, -0.2) is 4.39 Å². The molecule has 1 aromatic rings. The van der Waals surface area contributed by atoms with Crippen molar-refractivity contribution in [2.45, 2.75) is 51.8 Å². The maximum Gasteiger partial charge on any atom is 0.130 e. The molecule has 0 unspecified atom stereocenters. The molecule has 0 aliphatic carbocycles. The third kappa shape index (κ3) is 7.54. The van der Waals surface area contributed by atoms with E-state index in [9.17, 15) is 4.39 Å². The quantitative estimate of drug-likeness (QED) is 0.643. The van der Waals surface area contributed by atoms with Crippen LogP contribution in [0.3, 0.4) is 0 Å². The molecule has 0 spiro atoms. The molecule has 0 bridgehead atoms. The van der Waals surface area contributed by atoms with Crippen LogP contribution in [0.4, 0.5) is 4.39 Å². The van der Waals surface area contributed by atoms with Crippen LogP contribution >= 0.6 is 11.6 Å². The molecule has 1 aromatic carbocycles. The molecule has 0 saturated carbocycles. The second kappa shape index (κ2) is 6.42. The van der Waals surface area contributed by atoms with Gasteiger partial charge in [-0.2, -0.15) is 0 Å². The Morgan fingerprint density at radius 2 is 1.50 bits per heavy atom. The third-order valence-electron chi connectivity index (χ3n) is 1.98. The van der Waals surface area contributed by atoms with Crippen molar-refractivity contribution in [3.63, 3.8) is 0 Å². The summed E-state index contributed by atoms with van der Waals surface area (Å²) in [6, 6.07) is 4.97. The zero-order valence-corrected chi connectivity index (χ0v) is 13.2. The summed E-state index contributed by atoms with van der Waals surface area (Å²) in [6.45, 7) is 11.8. The van der Waals surface area contributed by atoms with Crippen LogP contribution in [-0.2, 0) is 5.41 Å². The number of hydrogen-bond donors (Lipinski definition) is 0. The summed E-state index contributed by atoms with van der Waals surface area (Å²) in [6.07, 6.45) is 0. The van der Waals surface area contributed by atoms with Gasteiger partial charge in [0.2, 0.25) is 0 Å². The van der Waals surface area contributed by atoms with Crippen LogP contribution < -0.4 is 4.74 Å². The highest BCUT2D eigenvalue weighted by molar-refractivity contribution is 6.23. The smallest absolute Gasteiger partial charge is 0.130 e. The van der Waals surface area contributed by atoms with Crippen molar-refractivity contribution in [1.82, 2.24) is 0 Å². The summed E-state index contributed by atoms with van der Waals surface area (Å²) in [5.41, 5.74) is 0.560. The predicted octanol–water partition coefficient (Wildman–Crippen LogP) is 5.16. The Kier molecular flexibility index (Phi) is 6.15. The molecule has 0 N–H and O–H groups in total. The van der Waals surface area contributed by atoms with Gasteiger partial charge in [0.1, 0.15) is 11.6 Å². The first-order valence-corrected chi connectivity index (χ1v) is 6.36. The highest BCUT2D eigenvalue weighted by Crippen LogP contribution is 2.27. The number of halogens is 2. The fourth-order valence-corrected chi connectivity index (χ4v) is 1.23. The Morgan fingerprint density at radius 1 is 1.06 bits per heavy atom. The fraction of sp³-hybridized carbons (Fsp3) is 0.600. The number of methoxy groups -OCH3 is 1. The van der Waals surface area contributed by atoms with Gasteiger partial charge in [0, 0.05) is 10.9 Å². The van der Waals surface area contributed by atoms with Crippen LogP contribution in [0.25, 0.3) is 0 Å². The first-order valence-electron chi connectivity index (χ1n) is 5.98. The Hall–Kier alpha value is -0.760. The Morgan fingerprint density at radius 3 is 1.78 bits per heavy atom. The molecule has 104 valence electrons. The van der Waals surface area contributed by atoms with E-state index in [1.165, 1.54) is 13.2 Å². The number of ether oxygens (including phenoxy) is 1. The topological polar surface area (TPSA) is 9.23 Å². The average molecular weight is 275 g/mol. The monoisotopic (exact) mass is 274 g/mol. The van der Waals surface area contributed by atoms with Crippen molar-refractivity contribution in [2.75, 3.05) is 7.11 Å². The average Bonchev–Trinajstić information content (AvgIpc) is 2.12. The van der Waals surface area contributed by atoms with E-state index in [1.807, 2.05) is 41.5 Å². The standard InChI is InChI=1S/C11H15FO.C4H9Cl/c1-11(2,3)9-6-5-8(13-4)7-10(9)12;1-4(2,3)5/h5-7H,1-4H3;1-3H3. The molecule has 0 aromatic heterocycles. The van der Waals surface area contributed by atoms with E-state index in [-0.39, 0.29) is 16.1 Å². The van der Waals surface area contributed by atoms with Gasteiger partial charge in [-0.05, 0) is 37.8 Å². The van der Waals surface area contributed by atoms with Gasteiger partial charge < -0.3 is 4.74 Å². The van der Waals surface area contributed by atoms with Crippen molar-refractivity contribution in [1.29, 1.82) is 0 Å². The molecule has 0 atom stereocenters. The van der Waals surface area contributed by atoms with Crippen LogP contribution in [0.5, 0.6) is 5.75 Å². The maximum atomic E-state index is 13.5. The molecule has 0 saturated heterocycles. The molecule has 0 amide bonds. The van der Waals surface area contributed by atoms with Gasteiger partial charge in [0.25, 0.3) is 0 Å². The van der Waals surface area contributed by atoms with Crippen molar-refractivity contribution >= 4 is 11.6 Å². The molecule has 0 fully saturated rings. The number of rotatable bonds is 1. The summed E-state index contributed by atoms with van der Waals surface area (Å²) >= 11 is 5.53. The van der Waals surface area contributed by atoms with Crippen LogP contribution in [0.15, 0.2) is 18.2 Å². The van der Waals surface area contributed by atoms with Gasteiger partial charge >= 0.3 is 0 Å². The summed E-state index contributed by atoms with van der Waals surface area (Å²) in [4.78, 5) is -0.0278. The third-order valence-corrected chi connectivity index (χ3v) is 1.98. The van der Waals surface area contributed by atoms with Crippen LogP contribution in [0, 0.1) is 5.82 Å². The SMILES string of the molecule is CC(C)(C)Cl.COc1ccc(C(C)(C)C)c(F)c1. The van der Waals surface area contributed by atoms with Crippen molar-refractivity contribution in [2.24, 2.45) is 0 Å². The summed E-state index contributed by atoms with van der Waals surface area (Å²) in [5.74, 6) is 0.359. The molecule has 0 heterocycles. The van der Waals surface area contributed by atoms with Crippen LogP contribution in [0.1, 0.15) is 47.1 Å². The zero-order valence-electron chi connectivity index (χ0n) is 12.4. The van der Waals surface area contributed by atoms with E-state index in [4.69, 9.17) is 16.3 Å². The summed E-state index contributed by atoms with van der Waals surface area (Å²) in [5, 5.41) is 0. The van der Waals surface area contributed by atoms with Crippen LogP contribution in [0.2, 0.25) is 0 Å². The van der Waals surface area contributed by atoms with Crippen LogP contribution in [-0.4, -0.2) is 12.0 Å². The van der Waals surface area contributed by atoms with E-state index in [0.29, 0.717) is 11.3 Å². The van der Waals surface area contributed by atoms with Gasteiger partial charge in [-0.3, -0.25) is 0 Å². The van der Waals surface area contributed by atoms with Gasteiger partial charge in [0.05, 0.1) is 7.11 Å². The lowest BCUT2D eigenvalue weighted by Gasteiger charge is -2.19. The first-order chi connectivity index (χ1) is 7.95. The lowest BCUT2D eigenvalue weighted by molar-refractivity contribution is 0.409. The van der Waals surface area contributed by atoms with E-state index < -0.39 is 0 Å². The minimum atomic E-state index is -0.202. The number of alkyl halides is 1. The summed E-state index contributed by atoms with van der Waals surface area (Å²) < 4.78 is 18.4. The molecule has 18 heavy (non-hydrogen) atoms. The molecular weight excluding hydrogens is 251 g/mol. The lowest BCUT2D eigenvalue weighted by Crippen LogP contribution is -2.13. The normalized spacial score (nSPS) is 11.6. The molecular formula is C15H24ClFO. The van der Waals surface area contributed by atoms with E-state index in [2.05, 4.69) is 0 Å². The zero-order chi connectivity index (χ0) is 14.6. The Labute approximate surface area is 115 Å². The Bertz CT molecular complexity index is 369. The fourth-order valence-electron chi connectivity index (χ4n) is 1.23. The van der Waals surface area contributed by atoms with Gasteiger partial charge in [-0.15, -0.1) is 11.6 Å². The highest BCUT2D eigenvalue weighted by atomic mass is 35.5. The molecule has 1 nitrogen and oxygen atoms in total. The molecule has 0 radical (unpaired) electrons. The molecule has 0 aliphatic rings. The van der Waals surface area contributed by atoms with Crippen molar-refractivity contribution in [3.8, 4) is 5.75 Å². The molecule has 0 aliphatic heterocycles. The van der Waals surface area contributed by atoms with Gasteiger partial charge in [0.15, 0.2) is 0 Å². The largest absolute Gasteiger partial charge is 0.497 e. The Balaban J connectivity index is 0.000000494. The number of hydrogen-bond acceptors (Lipinski definition) is 1. The predicted molar refractivity (Wildman–Crippen MR) is 77.3 cm³/mol. The first kappa shape index (κ1) is 17.2. The number of benzene rings is 1. The molecule has 1 rings (SSSR count). The van der Waals surface area contributed by atoms with Crippen molar-refractivity contribution < 1.29 is 9.13 Å². The summed E-state index contributed by atoms with van der Waals surface area (Å²) in [7, 11) is 1.53. The van der Waals surface area contributed by atoms with Crippen molar-refractivity contribution in [3.05, 3.63) is 29.6 Å². The van der Waals surface area contributed by atoms with E-state index in [1.54, 1.807) is 12.1 Å². The maximum absolute atomic E-state index is 13.5. The van der Waals surface area contributed by atoms with Gasteiger partial charge in [-0.1, -0.05) is 26.8 Å². The second-order valence-electron chi connectivity index (χ2n) is 6.16. The van der Waals surface area contributed by atoms with E-state index in [0.717, 1.165) is 0 Å². The minimum Gasteiger partial charge on any atom is -0.497 e. The minimum absolute atomic E-state index is 0.0278. The highest BCUT2D eigenvalue weighted by Gasteiger charge is 2.18. The molecule has 3 heteroatoms. The van der Waals surface area contributed by atoms with E-state index >= 15 is 0 Å².